The van der Waals surface area contributed by atoms with E-state index in [0.29, 0.717) is 32.7 Å². The maximum absolute atomic E-state index is 13.2. The molecular weight excluding hydrogens is 614 g/mol. The second-order valence-electron chi connectivity index (χ2n) is 10.3. The highest BCUT2D eigenvalue weighted by atomic mass is 35.5. The second kappa shape index (κ2) is 12.0. The Morgan fingerprint density at radius 2 is 1.58 bits per heavy atom. The number of halogens is 1. The molecule has 222 valence electrons. The van der Waals surface area contributed by atoms with Gasteiger partial charge in [-0.15, -0.1) is 5.10 Å². The maximum Gasteiger partial charge on any atom is 0.408 e. The van der Waals surface area contributed by atoms with Gasteiger partial charge in [0.15, 0.2) is 0 Å². The van der Waals surface area contributed by atoms with Crippen LogP contribution >= 0.6 is 22.9 Å². The first-order valence-electron chi connectivity index (χ1n) is 12.9. The van der Waals surface area contributed by atoms with Crippen LogP contribution in [0.5, 0.6) is 11.5 Å². The molecule has 2 amide bonds. The number of fused-ring (bicyclic) bond motifs is 1. The minimum atomic E-state index is -4.40. The molecule has 11 nitrogen and oxygen atoms in total. The Balaban J connectivity index is 1.30. The maximum atomic E-state index is 13.2. The molecule has 0 aliphatic carbocycles. The first-order chi connectivity index (χ1) is 20.4. The van der Waals surface area contributed by atoms with E-state index in [0.717, 1.165) is 16.9 Å². The molecule has 5 rings (SSSR count). The number of alkyl carbamates (subject to hydrolysis) is 1. The summed E-state index contributed by atoms with van der Waals surface area (Å²) in [7, 11) is -4.40. The van der Waals surface area contributed by atoms with Crippen molar-refractivity contribution in [3.8, 4) is 22.8 Å². The highest BCUT2D eigenvalue weighted by molar-refractivity contribution is 7.92. The van der Waals surface area contributed by atoms with E-state index < -0.39 is 33.7 Å². The number of sulfonamides is 1. The zero-order valence-electron chi connectivity index (χ0n) is 23.1. The Kier molecular flexibility index (Phi) is 8.40. The Labute approximate surface area is 256 Å². The summed E-state index contributed by atoms with van der Waals surface area (Å²) in [5, 5.41) is 7.18. The Hall–Kier alpha value is -4.46. The van der Waals surface area contributed by atoms with Crippen LogP contribution in [0.4, 0.5) is 4.79 Å². The fourth-order valence-corrected chi connectivity index (χ4v) is 6.06. The monoisotopic (exact) mass is 639 g/mol. The van der Waals surface area contributed by atoms with Gasteiger partial charge in [-0.05, 0) is 74.9 Å². The van der Waals surface area contributed by atoms with Gasteiger partial charge in [0, 0.05) is 10.6 Å². The average Bonchev–Trinajstić information content (AvgIpc) is 3.53. The van der Waals surface area contributed by atoms with Crippen molar-refractivity contribution in [1.29, 1.82) is 0 Å². The molecule has 0 saturated heterocycles. The molecule has 14 heteroatoms. The first-order valence-corrected chi connectivity index (χ1v) is 15.6. The van der Waals surface area contributed by atoms with E-state index in [9.17, 15) is 18.0 Å². The summed E-state index contributed by atoms with van der Waals surface area (Å²) in [5.41, 5.74) is 0.868. The lowest BCUT2D eigenvalue weighted by atomic mass is 10.1. The summed E-state index contributed by atoms with van der Waals surface area (Å²) in [6.45, 7) is 5.02. The van der Waals surface area contributed by atoms with Crippen LogP contribution in [0.2, 0.25) is 5.02 Å². The number of hydrogen-bond donors (Lipinski definition) is 2. The number of nitrogens with one attached hydrogen (secondary N) is 2. The van der Waals surface area contributed by atoms with E-state index in [1.807, 2.05) is 16.9 Å². The number of imidazole rings is 1. The van der Waals surface area contributed by atoms with Gasteiger partial charge in [-0.1, -0.05) is 53.3 Å². The average molecular weight is 640 g/mol. The SMILES string of the molecule is CC(C)(C)OC(=O)NC(C(=O)NS(=O)(=O)c1nn2cc(-c3ccc(Oc4ccc(Cl)cc4)cc3)nc2s1)c1ccccc1. The van der Waals surface area contributed by atoms with Crippen LogP contribution in [0.1, 0.15) is 32.4 Å². The smallest absolute Gasteiger partial charge is 0.408 e. The van der Waals surface area contributed by atoms with Crippen LogP contribution in [0, 0.1) is 0 Å². The number of rotatable bonds is 8. The van der Waals surface area contributed by atoms with E-state index in [1.165, 1.54) is 4.52 Å². The summed E-state index contributed by atoms with van der Waals surface area (Å²) in [6.07, 6.45) is 0.706. The Bertz CT molecular complexity index is 1840. The fourth-order valence-electron chi connectivity index (χ4n) is 3.87. The van der Waals surface area contributed by atoms with Gasteiger partial charge in [0.1, 0.15) is 23.1 Å². The van der Waals surface area contributed by atoms with Crippen molar-refractivity contribution in [1.82, 2.24) is 24.6 Å². The number of carbonyl (C=O) groups is 2. The van der Waals surface area contributed by atoms with Gasteiger partial charge in [-0.25, -0.2) is 19.0 Å². The quantitative estimate of drug-likeness (QED) is 0.211. The largest absolute Gasteiger partial charge is 0.457 e. The summed E-state index contributed by atoms with van der Waals surface area (Å²) in [5.74, 6) is 0.274. The molecule has 0 fully saturated rings. The zero-order chi connectivity index (χ0) is 30.8. The van der Waals surface area contributed by atoms with Crippen molar-refractivity contribution in [2.75, 3.05) is 0 Å². The molecule has 1 atom stereocenters. The summed E-state index contributed by atoms with van der Waals surface area (Å²) in [4.78, 5) is 30.4. The number of ether oxygens (including phenoxy) is 2. The summed E-state index contributed by atoms with van der Waals surface area (Å²) < 4.78 is 40.3. The fraction of sp³-hybridized carbons (Fsp3) is 0.172. The predicted molar refractivity (Wildman–Crippen MR) is 162 cm³/mol. The number of hydrogen-bond acceptors (Lipinski definition) is 9. The standard InChI is InChI=1S/C29H26ClN5O6S2/c1-29(2,3)41-27(37)32-24(19-7-5-4-6-8-19)25(36)34-43(38,39)28-33-35-17-23(31-26(35)42-28)18-9-13-21(14-10-18)40-22-15-11-20(30)12-16-22/h4-17,24H,1-3H3,(H,32,37)(H,34,36). The van der Waals surface area contributed by atoms with Crippen molar-refractivity contribution < 1.29 is 27.5 Å². The molecule has 0 aliphatic rings. The minimum Gasteiger partial charge on any atom is -0.457 e. The summed E-state index contributed by atoms with van der Waals surface area (Å²) in [6, 6.07) is 21.1. The van der Waals surface area contributed by atoms with Gasteiger partial charge in [-0.2, -0.15) is 8.42 Å². The van der Waals surface area contributed by atoms with Crippen molar-refractivity contribution in [2.45, 2.75) is 36.8 Å². The van der Waals surface area contributed by atoms with Crippen LogP contribution in [0.15, 0.2) is 89.4 Å². The van der Waals surface area contributed by atoms with E-state index in [4.69, 9.17) is 21.1 Å². The third-order valence-corrected chi connectivity index (χ3v) is 8.63. The van der Waals surface area contributed by atoms with Gasteiger partial charge in [0.2, 0.25) is 4.96 Å². The number of benzene rings is 3. The van der Waals surface area contributed by atoms with Gasteiger partial charge < -0.3 is 14.8 Å². The van der Waals surface area contributed by atoms with Gasteiger partial charge in [-0.3, -0.25) is 4.79 Å². The molecule has 0 spiro atoms. The Morgan fingerprint density at radius 1 is 0.953 bits per heavy atom. The lowest BCUT2D eigenvalue weighted by molar-refractivity contribution is -0.121. The molecule has 1 unspecified atom stereocenters. The topological polar surface area (TPSA) is 141 Å². The van der Waals surface area contributed by atoms with Crippen LogP contribution < -0.4 is 14.8 Å². The molecule has 0 radical (unpaired) electrons. The molecule has 0 aliphatic heterocycles. The highest BCUT2D eigenvalue weighted by Gasteiger charge is 2.31. The molecule has 0 bridgehead atoms. The molecule has 5 aromatic rings. The Morgan fingerprint density at radius 3 is 2.19 bits per heavy atom. The highest BCUT2D eigenvalue weighted by Crippen LogP contribution is 2.28. The summed E-state index contributed by atoms with van der Waals surface area (Å²) >= 11 is 6.70. The van der Waals surface area contributed by atoms with E-state index in [1.54, 1.807) is 93.7 Å². The molecule has 3 aromatic carbocycles. The van der Waals surface area contributed by atoms with Crippen molar-refractivity contribution in [3.05, 3.63) is 95.6 Å². The number of amides is 2. The number of nitrogens with zero attached hydrogens (tertiary/aromatic N) is 3. The second-order valence-corrected chi connectivity index (χ2v) is 13.5. The molecule has 2 heterocycles. The van der Waals surface area contributed by atoms with Crippen molar-refractivity contribution in [3.63, 3.8) is 0 Å². The molecule has 2 N–H and O–H groups in total. The number of aromatic nitrogens is 3. The third kappa shape index (κ3) is 7.49. The third-order valence-electron chi connectivity index (χ3n) is 5.75. The van der Waals surface area contributed by atoms with E-state index >= 15 is 0 Å². The zero-order valence-corrected chi connectivity index (χ0v) is 25.5. The van der Waals surface area contributed by atoms with Crippen molar-refractivity contribution in [2.24, 2.45) is 0 Å². The molecule has 43 heavy (non-hydrogen) atoms. The van der Waals surface area contributed by atoms with Gasteiger partial charge >= 0.3 is 6.09 Å². The molecular formula is C29H26ClN5O6S2. The van der Waals surface area contributed by atoms with Gasteiger partial charge in [0.25, 0.3) is 20.3 Å². The van der Waals surface area contributed by atoms with Crippen LogP contribution in [-0.4, -0.2) is 40.6 Å². The lowest BCUT2D eigenvalue weighted by Gasteiger charge is -2.23. The first kappa shape index (κ1) is 30.0. The minimum absolute atomic E-state index is 0.302. The van der Waals surface area contributed by atoms with Crippen molar-refractivity contribution >= 4 is 49.9 Å². The van der Waals surface area contributed by atoms with Crippen LogP contribution in [-0.2, 0) is 19.6 Å². The van der Waals surface area contributed by atoms with Gasteiger partial charge in [0.05, 0.1) is 11.9 Å². The lowest BCUT2D eigenvalue weighted by Crippen LogP contribution is -2.44. The predicted octanol–water partition coefficient (Wildman–Crippen LogP) is 5.97. The van der Waals surface area contributed by atoms with E-state index in [-0.39, 0.29) is 4.34 Å². The number of carbonyl (C=O) groups excluding carboxylic acids is 2. The molecule has 0 saturated carbocycles. The normalized spacial score (nSPS) is 12.5. The van der Waals surface area contributed by atoms with E-state index in [2.05, 4.69) is 15.4 Å². The molecule has 2 aromatic heterocycles. The van der Waals surface area contributed by atoms with Crippen LogP contribution in [0.25, 0.3) is 16.2 Å². The van der Waals surface area contributed by atoms with Crippen LogP contribution in [0.3, 0.4) is 0 Å².